The van der Waals surface area contributed by atoms with Crippen LogP contribution in [0.1, 0.15) is 81.4 Å². The molecule has 1 aliphatic rings. The number of carbonyl (C=O) groups is 1. The van der Waals surface area contributed by atoms with Crippen LogP contribution in [0, 0.1) is 0 Å². The summed E-state index contributed by atoms with van der Waals surface area (Å²) in [6, 6.07) is 2.38. The van der Waals surface area contributed by atoms with Gasteiger partial charge in [-0.15, -0.1) is 0 Å². The highest BCUT2D eigenvalue weighted by Crippen LogP contribution is 2.40. The Morgan fingerprint density at radius 1 is 1.39 bits per heavy atom. The molecular weight excluding hydrogens is 288 g/mol. The molecule has 0 radical (unpaired) electrons. The standard InChI is InChI=1S/C18H26N4O/c1-5-6-12(4)20-18(23)14-9-16(13-7-8-13)21-17-15(14)10-19-22(17)11(2)3/h9-13H,5-8H2,1-4H3,(H,20,23). The molecule has 0 aromatic carbocycles. The first kappa shape index (κ1) is 16.0. The number of hydrogen-bond donors (Lipinski definition) is 1. The fourth-order valence-corrected chi connectivity index (χ4v) is 3.00. The number of fused-ring (bicyclic) bond motifs is 1. The zero-order chi connectivity index (χ0) is 16.6. The van der Waals surface area contributed by atoms with E-state index >= 15 is 0 Å². The Balaban J connectivity index is 2.02. The number of nitrogens with zero attached hydrogens (tertiary/aromatic N) is 3. The Kier molecular flexibility index (Phi) is 4.37. The van der Waals surface area contributed by atoms with Crippen LogP contribution in [0.5, 0.6) is 0 Å². The van der Waals surface area contributed by atoms with Crippen molar-refractivity contribution in [2.75, 3.05) is 0 Å². The molecule has 3 rings (SSSR count). The molecule has 1 aliphatic carbocycles. The van der Waals surface area contributed by atoms with Gasteiger partial charge in [-0.05, 0) is 46.1 Å². The van der Waals surface area contributed by atoms with Crippen LogP contribution in [0.15, 0.2) is 12.3 Å². The number of hydrogen-bond acceptors (Lipinski definition) is 3. The van der Waals surface area contributed by atoms with Crippen molar-refractivity contribution in [3.8, 4) is 0 Å². The maximum atomic E-state index is 12.7. The van der Waals surface area contributed by atoms with E-state index in [1.807, 2.05) is 10.7 Å². The van der Waals surface area contributed by atoms with Gasteiger partial charge in [0.1, 0.15) is 0 Å². The summed E-state index contributed by atoms with van der Waals surface area (Å²) in [6.07, 6.45) is 6.16. The molecule has 23 heavy (non-hydrogen) atoms. The molecule has 2 heterocycles. The second-order valence-corrected chi connectivity index (χ2v) is 6.95. The van der Waals surface area contributed by atoms with E-state index < -0.39 is 0 Å². The van der Waals surface area contributed by atoms with E-state index in [0.29, 0.717) is 11.5 Å². The number of aromatic nitrogens is 3. The third kappa shape index (κ3) is 3.23. The predicted molar refractivity (Wildman–Crippen MR) is 91.7 cm³/mol. The van der Waals surface area contributed by atoms with Gasteiger partial charge >= 0.3 is 0 Å². The molecule has 5 heteroatoms. The van der Waals surface area contributed by atoms with Gasteiger partial charge in [0.15, 0.2) is 5.65 Å². The van der Waals surface area contributed by atoms with Gasteiger partial charge in [0.25, 0.3) is 5.91 Å². The van der Waals surface area contributed by atoms with Crippen molar-refractivity contribution >= 4 is 16.9 Å². The van der Waals surface area contributed by atoms with Crippen molar-refractivity contribution < 1.29 is 4.79 Å². The average molecular weight is 314 g/mol. The molecule has 2 aromatic heterocycles. The number of pyridine rings is 1. The van der Waals surface area contributed by atoms with Crippen molar-refractivity contribution in [2.45, 2.75) is 71.4 Å². The Morgan fingerprint density at radius 3 is 2.74 bits per heavy atom. The summed E-state index contributed by atoms with van der Waals surface area (Å²) >= 11 is 0. The van der Waals surface area contributed by atoms with Crippen LogP contribution >= 0.6 is 0 Å². The molecule has 0 saturated heterocycles. The maximum absolute atomic E-state index is 12.7. The Bertz CT molecular complexity index is 715. The molecule has 5 nitrogen and oxygen atoms in total. The molecule has 1 amide bonds. The maximum Gasteiger partial charge on any atom is 0.252 e. The second kappa shape index (κ2) is 6.30. The van der Waals surface area contributed by atoms with E-state index in [-0.39, 0.29) is 18.0 Å². The summed E-state index contributed by atoms with van der Waals surface area (Å²) < 4.78 is 1.91. The third-order valence-electron chi connectivity index (χ3n) is 4.42. The van der Waals surface area contributed by atoms with Gasteiger partial charge in [0.2, 0.25) is 0 Å². The molecule has 1 atom stereocenters. The molecule has 124 valence electrons. The lowest BCUT2D eigenvalue weighted by atomic mass is 10.1. The molecule has 2 aromatic rings. The summed E-state index contributed by atoms with van der Waals surface area (Å²) in [5.74, 6) is 0.498. The van der Waals surface area contributed by atoms with Gasteiger partial charge in [-0.1, -0.05) is 13.3 Å². The normalized spacial score (nSPS) is 16.0. The number of rotatable bonds is 6. The van der Waals surface area contributed by atoms with E-state index in [1.54, 1.807) is 6.20 Å². The lowest BCUT2D eigenvalue weighted by Gasteiger charge is -2.14. The van der Waals surface area contributed by atoms with Crippen molar-refractivity contribution in [1.29, 1.82) is 0 Å². The molecule has 0 bridgehead atoms. The highest BCUT2D eigenvalue weighted by Gasteiger charge is 2.28. The third-order valence-corrected chi connectivity index (χ3v) is 4.42. The second-order valence-electron chi connectivity index (χ2n) is 6.95. The van der Waals surface area contributed by atoms with Crippen LogP contribution in [0.2, 0.25) is 0 Å². The fourth-order valence-electron chi connectivity index (χ4n) is 3.00. The van der Waals surface area contributed by atoms with Crippen LogP contribution in [-0.2, 0) is 0 Å². The minimum atomic E-state index is -0.0106. The molecule has 1 N–H and O–H groups in total. The highest BCUT2D eigenvalue weighted by atomic mass is 16.1. The van der Waals surface area contributed by atoms with E-state index in [9.17, 15) is 4.79 Å². The molecule has 1 fully saturated rings. The first-order chi connectivity index (χ1) is 11.0. The lowest BCUT2D eigenvalue weighted by Crippen LogP contribution is -2.32. The number of amides is 1. The molecular formula is C18H26N4O. The van der Waals surface area contributed by atoms with E-state index in [0.717, 1.165) is 29.6 Å². The molecule has 1 unspecified atom stereocenters. The highest BCUT2D eigenvalue weighted by molar-refractivity contribution is 6.05. The van der Waals surface area contributed by atoms with Crippen LogP contribution < -0.4 is 5.32 Å². The van der Waals surface area contributed by atoms with Crippen molar-refractivity contribution in [1.82, 2.24) is 20.1 Å². The van der Waals surface area contributed by atoms with Gasteiger partial charge in [-0.2, -0.15) is 5.10 Å². The molecule has 0 spiro atoms. The smallest absolute Gasteiger partial charge is 0.252 e. The zero-order valence-electron chi connectivity index (χ0n) is 14.5. The van der Waals surface area contributed by atoms with Gasteiger partial charge in [-0.25, -0.2) is 9.67 Å². The zero-order valence-corrected chi connectivity index (χ0v) is 14.5. The minimum absolute atomic E-state index is 0.0106. The Morgan fingerprint density at radius 2 is 2.13 bits per heavy atom. The van der Waals surface area contributed by atoms with Crippen molar-refractivity contribution in [3.05, 3.63) is 23.5 Å². The van der Waals surface area contributed by atoms with E-state index in [1.165, 1.54) is 12.8 Å². The fraction of sp³-hybridized carbons (Fsp3) is 0.611. The molecule has 1 saturated carbocycles. The summed E-state index contributed by atoms with van der Waals surface area (Å²) in [7, 11) is 0. The largest absolute Gasteiger partial charge is 0.350 e. The van der Waals surface area contributed by atoms with Crippen LogP contribution in [0.4, 0.5) is 0 Å². The van der Waals surface area contributed by atoms with Gasteiger partial charge < -0.3 is 5.32 Å². The van der Waals surface area contributed by atoms with Crippen LogP contribution in [0.25, 0.3) is 11.0 Å². The average Bonchev–Trinajstić information content (AvgIpc) is 3.25. The van der Waals surface area contributed by atoms with E-state index in [2.05, 4.69) is 38.1 Å². The summed E-state index contributed by atoms with van der Waals surface area (Å²) in [5, 5.41) is 8.41. The van der Waals surface area contributed by atoms with Crippen molar-refractivity contribution in [3.63, 3.8) is 0 Å². The summed E-state index contributed by atoms with van der Waals surface area (Å²) in [4.78, 5) is 17.5. The summed E-state index contributed by atoms with van der Waals surface area (Å²) in [5.41, 5.74) is 2.58. The molecule has 0 aliphatic heterocycles. The topological polar surface area (TPSA) is 59.8 Å². The van der Waals surface area contributed by atoms with Gasteiger partial charge in [0, 0.05) is 23.7 Å². The minimum Gasteiger partial charge on any atom is -0.350 e. The number of carbonyl (C=O) groups excluding carboxylic acids is 1. The SMILES string of the molecule is CCCC(C)NC(=O)c1cc(C2CC2)nc2c1cnn2C(C)C. The monoisotopic (exact) mass is 314 g/mol. The first-order valence-corrected chi connectivity index (χ1v) is 8.70. The number of nitrogens with one attached hydrogen (secondary N) is 1. The Hall–Kier alpha value is -1.91. The van der Waals surface area contributed by atoms with Crippen LogP contribution in [0.3, 0.4) is 0 Å². The van der Waals surface area contributed by atoms with Gasteiger partial charge in [0.05, 0.1) is 17.1 Å². The van der Waals surface area contributed by atoms with E-state index in [4.69, 9.17) is 4.98 Å². The van der Waals surface area contributed by atoms with Gasteiger partial charge in [-0.3, -0.25) is 4.79 Å². The van der Waals surface area contributed by atoms with Crippen LogP contribution in [-0.4, -0.2) is 26.7 Å². The summed E-state index contributed by atoms with van der Waals surface area (Å²) in [6.45, 7) is 8.35. The lowest BCUT2D eigenvalue weighted by molar-refractivity contribution is 0.0940. The quantitative estimate of drug-likeness (QED) is 0.882. The predicted octanol–water partition coefficient (Wildman–Crippen LogP) is 3.81. The van der Waals surface area contributed by atoms with Crippen molar-refractivity contribution in [2.24, 2.45) is 0 Å². The first-order valence-electron chi connectivity index (χ1n) is 8.70. The Labute approximate surface area is 137 Å².